The third-order valence-corrected chi connectivity index (χ3v) is 28.2. The maximum absolute atomic E-state index is 16.1. The van der Waals surface area contributed by atoms with Gasteiger partial charge in [-0.15, -0.1) is 0 Å². The molecule has 131 heavy (non-hydrogen) atoms. The first-order valence-electron chi connectivity index (χ1n) is 47.0. The summed E-state index contributed by atoms with van der Waals surface area (Å²) in [5, 5.41) is 46.0. The molecule has 14 atom stereocenters. The van der Waals surface area contributed by atoms with Gasteiger partial charge in [-0.3, -0.25) is 87.5 Å². The molecule has 15 bridgehead atoms. The number of carbonyl (C=O) groups excluding carboxylic acids is 12. The van der Waals surface area contributed by atoms with Crippen molar-refractivity contribution < 1.29 is 82.0 Å². The topological polar surface area (TPSA) is 430 Å². The number of carbonyl (C=O) groups is 12. The predicted molar refractivity (Wildman–Crippen MR) is 488 cm³/mol. The number of aromatic nitrogens is 3. The zero-order valence-electron chi connectivity index (χ0n) is 76.5. The highest BCUT2D eigenvalue weighted by Gasteiger charge is 2.49. The van der Waals surface area contributed by atoms with Gasteiger partial charge in [-0.05, 0) is 227 Å². The van der Waals surface area contributed by atoms with Gasteiger partial charge in [0, 0.05) is 47.6 Å². The van der Waals surface area contributed by atoms with Crippen LogP contribution >= 0.6 is 0 Å². The molecule has 3 spiro atoms. The molecule has 6 fully saturated rings. The SMILES string of the molecule is CC1NC(=O)C(C(C)Cc2cc3cc4nc(ccc24)[C@@H](C)NC(=O)[C@@H]2CCCN(N2)C(=O)[C@H](C)NC(=O)[C@H](C(C)Cc2cc4cc5nc(ccc25)[C@@H](C)NC(=O)[C@@H]2CCCN(N2)C(=O)[C@H](C)NC(=O)[C@H](C(C)C)OC(=O)C2(C=C4)CCC(O)CC2)OC(=O)C2(C=C3)CCCCC2)OC(=O)C2(/C=C/c3ccc4ccc(nc4c3)C(C)NC(=O)C3CCCN(N3)C1=O)CCC(O)CC2. The molecular formula is C99H125N15O17. The van der Waals surface area contributed by atoms with Crippen molar-refractivity contribution in [2.24, 2.45) is 34.0 Å². The molecule has 0 radical (unpaired) electrons. The van der Waals surface area contributed by atoms with Crippen LogP contribution in [0.15, 0.2) is 97.1 Å². The van der Waals surface area contributed by atoms with E-state index in [9.17, 15) is 43.8 Å². The Balaban J connectivity index is 0.793. The Kier molecular flexibility index (Phi) is 28.7. The van der Waals surface area contributed by atoms with E-state index in [0.29, 0.717) is 136 Å². The Morgan fingerprint density at radius 2 is 0.695 bits per heavy atom. The van der Waals surface area contributed by atoms with Crippen LogP contribution in [0.4, 0.5) is 0 Å². The first kappa shape index (κ1) is 94.2. The fourth-order valence-corrected chi connectivity index (χ4v) is 20.0. The lowest BCUT2D eigenvalue weighted by molar-refractivity contribution is -0.169. The average Bonchev–Trinajstić information content (AvgIpc) is 1.28. The lowest BCUT2D eigenvalue weighted by atomic mass is 9.72. The van der Waals surface area contributed by atoms with E-state index in [4.69, 9.17) is 29.2 Å². The number of amides is 9. The number of benzene rings is 3. The van der Waals surface area contributed by atoms with Crippen LogP contribution in [0, 0.1) is 34.0 Å². The van der Waals surface area contributed by atoms with Gasteiger partial charge >= 0.3 is 17.9 Å². The Labute approximate surface area is 762 Å². The van der Waals surface area contributed by atoms with E-state index >= 15 is 24.0 Å². The molecule has 698 valence electrons. The van der Waals surface area contributed by atoms with Crippen LogP contribution in [-0.4, -0.2) is 198 Å². The lowest BCUT2D eigenvalue weighted by Crippen LogP contribution is -2.61. The molecule has 3 aromatic heterocycles. The number of aliphatic hydroxyl groups excluding tert-OH is 2. The number of hydrazine groups is 3. The molecular weight excluding hydrogens is 1670 g/mol. The van der Waals surface area contributed by atoms with Gasteiger partial charge in [-0.25, -0.2) is 16.3 Å². The normalized spacial score (nSPS) is 30.6. The minimum Gasteiger partial charge on any atom is -0.451 e. The van der Waals surface area contributed by atoms with Crippen molar-refractivity contribution in [2.75, 3.05) is 19.6 Å². The molecule has 6 aliphatic heterocycles. The molecule has 9 heterocycles. The number of fused-ring (bicyclic) bond motifs is 12. The number of aliphatic hydroxyl groups is 2. The molecule has 9 aliphatic rings. The summed E-state index contributed by atoms with van der Waals surface area (Å²) in [6.07, 6.45) is 11.7. The van der Waals surface area contributed by atoms with Gasteiger partial charge in [0.25, 0.3) is 35.4 Å². The maximum Gasteiger partial charge on any atom is 0.316 e. The third kappa shape index (κ3) is 21.1. The number of ether oxygens (including phenoxy) is 3. The highest BCUT2D eigenvalue weighted by molar-refractivity contribution is 5.97. The number of nitrogens with zero attached hydrogens (tertiary/aromatic N) is 6. The summed E-state index contributed by atoms with van der Waals surface area (Å²) in [7, 11) is 0. The predicted octanol–water partition coefficient (Wildman–Crippen LogP) is 8.89. The van der Waals surface area contributed by atoms with E-state index in [2.05, 4.69) is 48.2 Å². The quantitative estimate of drug-likeness (QED) is 0.0524. The summed E-state index contributed by atoms with van der Waals surface area (Å²) < 4.78 is 19.7. The Morgan fingerprint density at radius 1 is 0.366 bits per heavy atom. The molecule has 3 saturated heterocycles. The van der Waals surface area contributed by atoms with Crippen LogP contribution in [0.25, 0.3) is 50.9 Å². The van der Waals surface area contributed by atoms with Gasteiger partial charge in [-0.2, -0.15) is 0 Å². The number of rotatable bonds is 7. The summed E-state index contributed by atoms with van der Waals surface area (Å²) in [4.78, 5) is 194. The molecule has 32 heteroatoms. The number of hydrogen-bond donors (Lipinski definition) is 11. The minimum atomic E-state index is -1.59. The van der Waals surface area contributed by atoms with E-state index in [1.54, 1.807) is 71.9 Å². The smallest absolute Gasteiger partial charge is 0.316 e. The van der Waals surface area contributed by atoms with Crippen molar-refractivity contribution in [3.8, 4) is 0 Å². The van der Waals surface area contributed by atoms with E-state index in [1.165, 1.54) is 35.8 Å². The maximum atomic E-state index is 16.1. The molecule has 9 amide bonds. The van der Waals surface area contributed by atoms with Gasteiger partial charge in [0.1, 0.15) is 36.3 Å². The number of nitrogens with one attached hydrogen (secondary N) is 9. The first-order valence-corrected chi connectivity index (χ1v) is 47.0. The molecule has 6 aromatic rings. The fraction of sp³-hybridized carbons (Fsp3) is 0.545. The second kappa shape index (κ2) is 39.9. The molecule has 3 aliphatic carbocycles. The van der Waals surface area contributed by atoms with Crippen LogP contribution in [-0.2, 0) is 84.6 Å². The number of cyclic esters (lactones) is 3. The Morgan fingerprint density at radius 3 is 1.08 bits per heavy atom. The highest BCUT2D eigenvalue weighted by Crippen LogP contribution is 2.45. The fourth-order valence-electron chi connectivity index (χ4n) is 20.0. The van der Waals surface area contributed by atoms with Crippen LogP contribution in [0.1, 0.15) is 254 Å². The minimum absolute atomic E-state index is 0.0344. The Hall–Kier alpha value is -11.5. The van der Waals surface area contributed by atoms with Crippen molar-refractivity contribution in [3.05, 3.63) is 142 Å². The molecule has 3 saturated carbocycles. The van der Waals surface area contributed by atoms with E-state index < -0.39 is 184 Å². The molecule has 32 nitrogen and oxygen atoms in total. The van der Waals surface area contributed by atoms with Crippen LogP contribution in [0.5, 0.6) is 0 Å². The highest BCUT2D eigenvalue weighted by atomic mass is 16.6. The van der Waals surface area contributed by atoms with Crippen LogP contribution in [0.2, 0.25) is 0 Å². The second-order valence-corrected chi connectivity index (χ2v) is 38.6. The van der Waals surface area contributed by atoms with Crippen molar-refractivity contribution >= 4 is 122 Å². The largest absolute Gasteiger partial charge is 0.451 e. The van der Waals surface area contributed by atoms with Gasteiger partial charge in [0.2, 0.25) is 17.7 Å². The monoisotopic (exact) mass is 1800 g/mol. The van der Waals surface area contributed by atoms with Gasteiger partial charge in [-0.1, -0.05) is 126 Å². The van der Waals surface area contributed by atoms with Crippen LogP contribution < -0.4 is 48.2 Å². The van der Waals surface area contributed by atoms with Crippen molar-refractivity contribution in [1.29, 1.82) is 0 Å². The second-order valence-electron chi connectivity index (χ2n) is 38.6. The van der Waals surface area contributed by atoms with Gasteiger partial charge in [0.15, 0.2) is 18.3 Å². The Bertz CT molecular complexity index is 5500. The number of pyridine rings is 3. The summed E-state index contributed by atoms with van der Waals surface area (Å²) in [6.45, 7) is 17.7. The van der Waals surface area contributed by atoms with Crippen molar-refractivity contribution in [2.45, 2.75) is 289 Å². The molecule has 6 unspecified atom stereocenters. The standard InChI is InChI=1S/C99H125N15O17/c1-54(2)82-88(120)103-60(8)91(123)112-44-14-18-77(109-112)86(118)101-59(7)75-27-24-72-68(50-65(53-81(72)108-75)30-39-99(95(127)129-82)42-33-70(116)34-43-99)47-55(3)83-89(121)104-61(9)92(124)114-46-16-19-78(111-114)87(119)102-58(6)74-26-23-71-67(49-64(52-80(71)107-74)29-38-97(94(126)130-83)35-12-11-13-36-97)48-56(4)84-90(122)105-62(10)93(125)113-45-15-17-76(110-113)85(117)100-57(5)73-25-22-66-21-20-63(51-79(66)106-73)28-37-98(96(128)131-84)40-31-69(115)32-41-98/h20-30,37-39,49-62,69-70,76-78,82-84,109-111,115-116H,11-19,31-36,40-48H2,1-10H3,(H,100,117)(H,101,118)(H,102,119)(H,103,120)(H,104,121)(H,105,122)/b37-28+,38-29?,39-30?/t55?,56?,57?,58-,59-,60+,61+,62?,69?,70?,76?,77+,78+,82+,83+,84?,98?,99?/m1/s1. The van der Waals surface area contributed by atoms with Crippen molar-refractivity contribution in [3.63, 3.8) is 0 Å². The molecule has 15 rings (SSSR count). The summed E-state index contributed by atoms with van der Waals surface area (Å²) in [6, 6.07) is 16.4. The van der Waals surface area contributed by atoms with E-state index in [1.807, 2.05) is 91.9 Å². The molecule has 11 N–H and O–H groups in total. The number of hydrogen-bond acceptors (Lipinski definition) is 23. The van der Waals surface area contributed by atoms with Gasteiger partial charge in [0.05, 0.1) is 80.2 Å². The summed E-state index contributed by atoms with van der Waals surface area (Å²) >= 11 is 0. The average molecular weight is 1800 g/mol. The van der Waals surface area contributed by atoms with Crippen molar-refractivity contribution in [1.82, 2.24) is 78.2 Å². The lowest BCUT2D eigenvalue weighted by Gasteiger charge is -2.37. The van der Waals surface area contributed by atoms with Gasteiger partial charge < -0.3 is 56.3 Å². The van der Waals surface area contributed by atoms with Crippen LogP contribution in [0.3, 0.4) is 0 Å². The van der Waals surface area contributed by atoms with E-state index in [0.717, 1.165) is 11.8 Å². The number of esters is 3. The summed E-state index contributed by atoms with van der Waals surface area (Å²) in [5.41, 5.74) is 11.5. The third-order valence-electron chi connectivity index (χ3n) is 28.2. The first-order chi connectivity index (χ1) is 62.6. The van der Waals surface area contributed by atoms with E-state index in [-0.39, 0.29) is 89.7 Å². The molecule has 3 aromatic carbocycles. The zero-order valence-corrected chi connectivity index (χ0v) is 76.5. The zero-order chi connectivity index (χ0) is 93.1. The summed E-state index contributed by atoms with van der Waals surface area (Å²) in [5.74, 6) is -9.38.